The topological polar surface area (TPSA) is 27.7 Å². The van der Waals surface area contributed by atoms with Crippen LogP contribution < -0.4 is 9.47 Å². The summed E-state index contributed by atoms with van der Waals surface area (Å²) >= 11 is 4.63. The van der Waals surface area contributed by atoms with Crippen molar-refractivity contribution < 1.29 is 14.2 Å². The SMILES string of the molecule is CCOC(C)Oc1c(I)cc(COc2ccc([SH]3c4ccccc4-c4ccccc43)cc2)cc1I. The van der Waals surface area contributed by atoms with Crippen molar-refractivity contribution in [3.63, 3.8) is 0 Å². The molecule has 0 radical (unpaired) electrons. The molecular weight excluding hydrogens is 682 g/mol. The number of hydrogen-bond acceptors (Lipinski definition) is 3. The first-order valence-electron chi connectivity index (χ1n) is 11.5. The van der Waals surface area contributed by atoms with Gasteiger partial charge in [0, 0.05) is 16.4 Å². The van der Waals surface area contributed by atoms with E-state index in [4.69, 9.17) is 14.2 Å². The molecule has 0 saturated carbocycles. The summed E-state index contributed by atoms with van der Waals surface area (Å²) in [6.07, 6.45) is -0.275. The molecule has 1 aliphatic heterocycles. The minimum absolute atomic E-state index is 0.275. The molecule has 5 rings (SSSR count). The molecule has 0 fully saturated rings. The van der Waals surface area contributed by atoms with Gasteiger partial charge < -0.3 is 14.2 Å². The Balaban J connectivity index is 1.30. The summed E-state index contributed by atoms with van der Waals surface area (Å²) in [7, 11) is -0.542. The van der Waals surface area contributed by atoms with E-state index in [0.717, 1.165) is 24.2 Å². The van der Waals surface area contributed by atoms with Crippen molar-refractivity contribution in [2.24, 2.45) is 0 Å². The first-order chi connectivity index (χ1) is 17.0. The van der Waals surface area contributed by atoms with Crippen molar-refractivity contribution in [1.29, 1.82) is 0 Å². The molecule has 0 bridgehead atoms. The van der Waals surface area contributed by atoms with Crippen molar-refractivity contribution in [1.82, 2.24) is 0 Å². The molecule has 1 atom stereocenters. The molecule has 0 aromatic heterocycles. The summed E-state index contributed by atoms with van der Waals surface area (Å²) in [5, 5.41) is 0. The van der Waals surface area contributed by atoms with Gasteiger partial charge in [-0.3, -0.25) is 0 Å². The summed E-state index contributed by atoms with van der Waals surface area (Å²) in [5.74, 6) is 1.74. The normalized spacial score (nSPS) is 13.8. The highest BCUT2D eigenvalue weighted by molar-refractivity contribution is 14.1. The molecule has 3 nitrogen and oxygen atoms in total. The monoisotopic (exact) mass is 708 g/mol. The van der Waals surface area contributed by atoms with E-state index in [-0.39, 0.29) is 6.29 Å². The number of thiol groups is 1. The third-order valence-electron chi connectivity index (χ3n) is 5.82. The number of ether oxygens (including phenoxy) is 3. The fraction of sp³-hybridized carbons (Fsp3) is 0.172. The zero-order chi connectivity index (χ0) is 24.4. The first-order valence-corrected chi connectivity index (χ1v) is 15.0. The van der Waals surface area contributed by atoms with E-state index in [0.29, 0.717) is 13.2 Å². The maximum Gasteiger partial charge on any atom is 0.197 e. The minimum atomic E-state index is -0.542. The molecule has 1 unspecified atom stereocenters. The van der Waals surface area contributed by atoms with E-state index in [2.05, 4.69) is 130 Å². The summed E-state index contributed by atoms with van der Waals surface area (Å²) < 4.78 is 19.8. The van der Waals surface area contributed by atoms with E-state index in [1.807, 2.05) is 13.8 Å². The van der Waals surface area contributed by atoms with E-state index in [9.17, 15) is 0 Å². The molecule has 4 aromatic carbocycles. The van der Waals surface area contributed by atoms with Crippen LogP contribution in [0.3, 0.4) is 0 Å². The second kappa shape index (κ2) is 11.1. The van der Waals surface area contributed by atoms with Crippen LogP contribution in [0.2, 0.25) is 0 Å². The van der Waals surface area contributed by atoms with Crippen molar-refractivity contribution in [2.45, 2.75) is 41.4 Å². The average Bonchev–Trinajstić information content (AvgIpc) is 3.20. The van der Waals surface area contributed by atoms with Crippen molar-refractivity contribution in [2.75, 3.05) is 6.61 Å². The fourth-order valence-electron chi connectivity index (χ4n) is 4.30. The van der Waals surface area contributed by atoms with Crippen molar-refractivity contribution in [3.8, 4) is 22.6 Å². The van der Waals surface area contributed by atoms with Crippen LogP contribution in [0.25, 0.3) is 11.1 Å². The van der Waals surface area contributed by atoms with Crippen molar-refractivity contribution in [3.05, 3.63) is 97.6 Å². The van der Waals surface area contributed by atoms with Gasteiger partial charge in [-0.25, -0.2) is 0 Å². The van der Waals surface area contributed by atoms with E-state index in [1.165, 1.54) is 25.8 Å². The summed E-state index contributed by atoms with van der Waals surface area (Å²) in [6.45, 7) is 5.02. The van der Waals surface area contributed by atoms with Gasteiger partial charge in [0.1, 0.15) is 18.1 Å². The smallest absolute Gasteiger partial charge is 0.197 e. The van der Waals surface area contributed by atoms with Crippen LogP contribution in [0.15, 0.2) is 99.6 Å². The minimum Gasteiger partial charge on any atom is -0.489 e. The lowest BCUT2D eigenvalue weighted by Gasteiger charge is -2.19. The molecule has 0 saturated heterocycles. The maximum absolute atomic E-state index is 6.15. The highest BCUT2D eigenvalue weighted by atomic mass is 127. The molecule has 4 aromatic rings. The quantitative estimate of drug-likeness (QED) is 0.0994. The van der Waals surface area contributed by atoms with E-state index < -0.39 is 10.9 Å². The Morgan fingerprint density at radius 1 is 0.800 bits per heavy atom. The third kappa shape index (κ3) is 5.35. The Bertz CT molecular complexity index is 1270. The highest BCUT2D eigenvalue weighted by Crippen LogP contribution is 2.62. The second-order valence-corrected chi connectivity index (χ2v) is 12.7. The fourth-order valence-corrected chi connectivity index (χ4v) is 9.06. The van der Waals surface area contributed by atoms with Crippen LogP contribution in [-0.2, 0) is 11.3 Å². The van der Waals surface area contributed by atoms with E-state index in [1.54, 1.807) is 0 Å². The number of fused-ring (bicyclic) bond motifs is 3. The highest BCUT2D eigenvalue weighted by Gasteiger charge is 2.26. The Hall–Kier alpha value is -1.75. The molecule has 0 N–H and O–H groups in total. The van der Waals surface area contributed by atoms with Gasteiger partial charge in [-0.05, 0) is 129 Å². The number of hydrogen-bond donors (Lipinski definition) is 1. The van der Waals surface area contributed by atoms with Crippen LogP contribution in [0.5, 0.6) is 11.5 Å². The molecule has 0 aliphatic carbocycles. The van der Waals surface area contributed by atoms with Gasteiger partial charge >= 0.3 is 0 Å². The standard InChI is InChI=1S/C29H26I2O3S/c1-3-32-19(2)34-29-25(30)16-20(17-26(29)31)18-33-21-12-14-22(15-13-21)35-27-10-6-4-8-23(27)24-9-5-7-11-28(24)35/h4-17,19,35H,3,18H2,1-2H3. The summed E-state index contributed by atoms with van der Waals surface area (Å²) in [6, 6.07) is 30.4. The van der Waals surface area contributed by atoms with Gasteiger partial charge in [-0.15, -0.1) is 0 Å². The van der Waals surface area contributed by atoms with Crippen LogP contribution in [0.1, 0.15) is 19.4 Å². The molecule has 1 aliphatic rings. The second-order valence-electron chi connectivity index (χ2n) is 8.18. The zero-order valence-electron chi connectivity index (χ0n) is 19.5. The Morgan fingerprint density at radius 2 is 1.37 bits per heavy atom. The van der Waals surface area contributed by atoms with Gasteiger partial charge in [0.15, 0.2) is 6.29 Å². The van der Waals surface area contributed by atoms with Crippen LogP contribution in [0, 0.1) is 7.14 Å². The van der Waals surface area contributed by atoms with Crippen molar-refractivity contribution >= 4 is 56.1 Å². The maximum atomic E-state index is 6.15. The lowest BCUT2D eigenvalue weighted by Crippen LogP contribution is -2.17. The number of rotatable bonds is 8. The molecular formula is C29H26I2O3S. The zero-order valence-corrected chi connectivity index (χ0v) is 24.7. The molecule has 1 heterocycles. The predicted octanol–water partition coefficient (Wildman–Crippen LogP) is 8.69. The van der Waals surface area contributed by atoms with Gasteiger partial charge in [0.05, 0.1) is 7.14 Å². The first kappa shape index (κ1) is 24.9. The van der Waals surface area contributed by atoms with Gasteiger partial charge in [-0.1, -0.05) is 36.4 Å². The Morgan fingerprint density at radius 3 is 1.94 bits per heavy atom. The summed E-state index contributed by atoms with van der Waals surface area (Å²) in [5.41, 5.74) is 3.84. The third-order valence-corrected chi connectivity index (χ3v) is 9.98. The lowest BCUT2D eigenvalue weighted by molar-refractivity contribution is -0.0622. The Labute approximate surface area is 236 Å². The average molecular weight is 708 g/mol. The van der Waals surface area contributed by atoms with E-state index >= 15 is 0 Å². The van der Waals surface area contributed by atoms with Gasteiger partial charge in [0.2, 0.25) is 0 Å². The van der Waals surface area contributed by atoms with Crippen LogP contribution in [0.4, 0.5) is 0 Å². The van der Waals surface area contributed by atoms with Gasteiger partial charge in [-0.2, -0.15) is 10.9 Å². The van der Waals surface area contributed by atoms with Gasteiger partial charge in [0.25, 0.3) is 0 Å². The lowest BCUT2D eigenvalue weighted by atomic mass is 10.1. The number of halogens is 2. The molecule has 0 spiro atoms. The molecule has 6 heteroatoms. The number of benzene rings is 4. The van der Waals surface area contributed by atoms with Crippen LogP contribution >= 0.6 is 56.1 Å². The van der Waals surface area contributed by atoms with Crippen LogP contribution in [-0.4, -0.2) is 12.9 Å². The molecule has 180 valence electrons. The largest absolute Gasteiger partial charge is 0.489 e. The molecule has 0 amide bonds. The predicted molar refractivity (Wildman–Crippen MR) is 160 cm³/mol. The summed E-state index contributed by atoms with van der Waals surface area (Å²) in [4.78, 5) is 4.21. The molecule has 35 heavy (non-hydrogen) atoms. The Kier molecular flexibility index (Phi) is 7.91.